The van der Waals surface area contributed by atoms with Crippen LogP contribution in [0.2, 0.25) is 0 Å². The topological polar surface area (TPSA) is 81.7 Å². The normalized spacial score (nSPS) is 10.1. The molecule has 2 aromatic heterocycles. The van der Waals surface area contributed by atoms with Crippen molar-refractivity contribution in [2.24, 2.45) is 7.05 Å². The van der Waals surface area contributed by atoms with Crippen molar-refractivity contribution >= 4 is 17.5 Å². The van der Waals surface area contributed by atoms with Gasteiger partial charge in [-0.25, -0.2) is 4.98 Å². The summed E-state index contributed by atoms with van der Waals surface area (Å²) in [5.41, 5.74) is 5.48. The Balaban J connectivity index is 2.18. The molecule has 0 spiro atoms. The molecule has 6 heteroatoms. The van der Waals surface area contributed by atoms with Crippen LogP contribution in [0.1, 0.15) is 0 Å². The van der Waals surface area contributed by atoms with E-state index >= 15 is 0 Å². The van der Waals surface area contributed by atoms with Crippen LogP contribution in [-0.2, 0) is 7.05 Å². The van der Waals surface area contributed by atoms with Gasteiger partial charge < -0.3 is 11.1 Å². The van der Waals surface area contributed by atoms with Crippen molar-refractivity contribution in [3.63, 3.8) is 0 Å². The van der Waals surface area contributed by atoms with Gasteiger partial charge in [0.2, 0.25) is 0 Å². The first-order chi connectivity index (χ1) is 6.74. The third-order valence-corrected chi connectivity index (χ3v) is 1.62. The van der Waals surface area contributed by atoms with Gasteiger partial charge in [-0.3, -0.25) is 9.67 Å². The fourth-order valence-corrected chi connectivity index (χ4v) is 1.05. The van der Waals surface area contributed by atoms with Crippen LogP contribution in [0, 0.1) is 0 Å². The summed E-state index contributed by atoms with van der Waals surface area (Å²) in [5.74, 6) is 1.68. The molecule has 2 aromatic rings. The molecule has 0 bridgehead atoms. The number of nitrogens with one attached hydrogen (secondary N) is 1. The molecular weight excluding hydrogens is 180 g/mol. The molecule has 72 valence electrons. The van der Waals surface area contributed by atoms with Crippen LogP contribution in [-0.4, -0.2) is 19.7 Å². The highest BCUT2D eigenvalue weighted by Crippen LogP contribution is 2.10. The second-order valence-corrected chi connectivity index (χ2v) is 2.83. The van der Waals surface area contributed by atoms with Gasteiger partial charge >= 0.3 is 0 Å². The predicted molar refractivity (Wildman–Crippen MR) is 52.9 cm³/mol. The zero-order valence-corrected chi connectivity index (χ0v) is 7.68. The SMILES string of the molecule is Cn1ccc(Nc2cncc(N)n2)n1. The largest absolute Gasteiger partial charge is 0.382 e. The van der Waals surface area contributed by atoms with Gasteiger partial charge in [0, 0.05) is 19.3 Å². The number of nitrogens with two attached hydrogens (primary N) is 1. The van der Waals surface area contributed by atoms with E-state index in [0.29, 0.717) is 17.5 Å². The van der Waals surface area contributed by atoms with E-state index in [2.05, 4.69) is 20.4 Å². The molecule has 0 fully saturated rings. The van der Waals surface area contributed by atoms with Gasteiger partial charge in [0.1, 0.15) is 5.82 Å². The Hall–Kier alpha value is -2.11. The Morgan fingerprint density at radius 3 is 2.86 bits per heavy atom. The molecular formula is C8H10N6. The second-order valence-electron chi connectivity index (χ2n) is 2.83. The summed E-state index contributed by atoms with van der Waals surface area (Å²) < 4.78 is 1.70. The van der Waals surface area contributed by atoms with E-state index < -0.39 is 0 Å². The smallest absolute Gasteiger partial charge is 0.153 e. The van der Waals surface area contributed by atoms with Crippen molar-refractivity contribution in [1.82, 2.24) is 19.7 Å². The standard InChI is InChI=1S/C8H10N6/c1-14-3-2-7(13-14)12-8-5-10-4-6(9)11-8/h2-5H,1H3,(H3,9,11,12,13). The highest BCUT2D eigenvalue weighted by Gasteiger charge is 1.98. The lowest BCUT2D eigenvalue weighted by atomic mass is 10.5. The fourth-order valence-electron chi connectivity index (χ4n) is 1.05. The minimum atomic E-state index is 0.380. The zero-order chi connectivity index (χ0) is 9.97. The lowest BCUT2D eigenvalue weighted by Crippen LogP contribution is -1.99. The van der Waals surface area contributed by atoms with E-state index in [0.717, 1.165) is 0 Å². The van der Waals surface area contributed by atoms with Gasteiger partial charge in [-0.2, -0.15) is 5.10 Å². The van der Waals surface area contributed by atoms with E-state index in [1.165, 1.54) is 6.20 Å². The average molecular weight is 190 g/mol. The first-order valence-corrected chi connectivity index (χ1v) is 4.08. The predicted octanol–water partition coefficient (Wildman–Crippen LogP) is 0.536. The van der Waals surface area contributed by atoms with Crippen LogP contribution in [0.25, 0.3) is 0 Å². The second kappa shape index (κ2) is 3.33. The number of aromatic nitrogens is 4. The van der Waals surface area contributed by atoms with Crippen LogP contribution in [0.5, 0.6) is 0 Å². The number of hydrogen-bond donors (Lipinski definition) is 2. The van der Waals surface area contributed by atoms with Gasteiger partial charge in [0.05, 0.1) is 12.4 Å². The summed E-state index contributed by atoms with van der Waals surface area (Å²) in [6.07, 6.45) is 4.91. The summed E-state index contributed by atoms with van der Waals surface area (Å²) in [6, 6.07) is 1.84. The molecule has 0 saturated carbocycles. The quantitative estimate of drug-likeness (QED) is 0.722. The van der Waals surface area contributed by atoms with Crippen molar-refractivity contribution < 1.29 is 0 Å². The molecule has 0 unspecified atom stereocenters. The van der Waals surface area contributed by atoms with Crippen molar-refractivity contribution in [2.45, 2.75) is 0 Å². The molecule has 6 nitrogen and oxygen atoms in total. The van der Waals surface area contributed by atoms with Crippen molar-refractivity contribution in [1.29, 1.82) is 0 Å². The number of rotatable bonds is 2. The Kier molecular flexibility index (Phi) is 2.02. The molecule has 3 N–H and O–H groups in total. The van der Waals surface area contributed by atoms with Crippen LogP contribution < -0.4 is 11.1 Å². The average Bonchev–Trinajstić information content (AvgIpc) is 2.51. The maximum atomic E-state index is 5.48. The van der Waals surface area contributed by atoms with Crippen LogP contribution in [0.15, 0.2) is 24.7 Å². The van der Waals surface area contributed by atoms with Crippen molar-refractivity contribution in [2.75, 3.05) is 11.1 Å². The van der Waals surface area contributed by atoms with Crippen molar-refractivity contribution in [3.8, 4) is 0 Å². The molecule has 0 atom stereocenters. The van der Waals surface area contributed by atoms with E-state index in [1.807, 2.05) is 19.3 Å². The lowest BCUT2D eigenvalue weighted by Gasteiger charge is -2.00. The van der Waals surface area contributed by atoms with Crippen LogP contribution in [0.3, 0.4) is 0 Å². The number of aryl methyl sites for hydroxylation is 1. The maximum Gasteiger partial charge on any atom is 0.153 e. The highest BCUT2D eigenvalue weighted by molar-refractivity contribution is 5.51. The fraction of sp³-hybridized carbons (Fsp3) is 0.125. The van der Waals surface area contributed by atoms with E-state index in [1.54, 1.807) is 10.9 Å². The molecule has 14 heavy (non-hydrogen) atoms. The first kappa shape index (κ1) is 8.49. The molecule has 0 amide bonds. The summed E-state index contributed by atoms with van der Waals surface area (Å²) in [4.78, 5) is 7.94. The Morgan fingerprint density at radius 1 is 1.36 bits per heavy atom. The number of nitrogens with zero attached hydrogens (tertiary/aromatic N) is 4. The Morgan fingerprint density at radius 2 is 2.21 bits per heavy atom. The summed E-state index contributed by atoms with van der Waals surface area (Å²) in [6.45, 7) is 0. The zero-order valence-electron chi connectivity index (χ0n) is 7.68. The lowest BCUT2D eigenvalue weighted by molar-refractivity contribution is 0.771. The van der Waals surface area contributed by atoms with Gasteiger partial charge in [-0.1, -0.05) is 0 Å². The highest BCUT2D eigenvalue weighted by atomic mass is 15.3. The van der Waals surface area contributed by atoms with Crippen molar-refractivity contribution in [3.05, 3.63) is 24.7 Å². The third-order valence-electron chi connectivity index (χ3n) is 1.62. The van der Waals surface area contributed by atoms with Gasteiger partial charge in [-0.05, 0) is 0 Å². The Bertz CT molecular complexity index is 435. The molecule has 0 aliphatic carbocycles. The molecule has 0 aromatic carbocycles. The monoisotopic (exact) mass is 190 g/mol. The van der Waals surface area contributed by atoms with Crippen LogP contribution >= 0.6 is 0 Å². The number of nitrogen functional groups attached to an aromatic ring is 1. The molecule has 0 aliphatic heterocycles. The van der Waals surface area contributed by atoms with Gasteiger partial charge in [0.25, 0.3) is 0 Å². The van der Waals surface area contributed by atoms with Crippen LogP contribution in [0.4, 0.5) is 17.5 Å². The molecule has 2 rings (SSSR count). The number of anilines is 3. The Labute approximate surface area is 80.8 Å². The van der Waals surface area contributed by atoms with E-state index in [9.17, 15) is 0 Å². The summed E-state index contributed by atoms with van der Waals surface area (Å²) in [7, 11) is 1.84. The minimum absolute atomic E-state index is 0.380. The summed E-state index contributed by atoms with van der Waals surface area (Å²) >= 11 is 0. The van der Waals surface area contributed by atoms with Gasteiger partial charge in [0.15, 0.2) is 11.6 Å². The molecule has 0 aliphatic rings. The van der Waals surface area contributed by atoms with E-state index in [4.69, 9.17) is 5.73 Å². The molecule has 0 radical (unpaired) electrons. The first-order valence-electron chi connectivity index (χ1n) is 4.08. The maximum absolute atomic E-state index is 5.48. The number of hydrogen-bond acceptors (Lipinski definition) is 5. The molecule has 2 heterocycles. The van der Waals surface area contributed by atoms with E-state index in [-0.39, 0.29) is 0 Å². The summed E-state index contributed by atoms with van der Waals surface area (Å²) in [5, 5.41) is 7.11. The molecule has 0 saturated heterocycles. The van der Waals surface area contributed by atoms with Gasteiger partial charge in [-0.15, -0.1) is 0 Å². The minimum Gasteiger partial charge on any atom is -0.382 e. The third kappa shape index (κ3) is 1.79.